The van der Waals surface area contributed by atoms with Crippen molar-refractivity contribution in [1.82, 2.24) is 15.1 Å². The molecule has 1 N–H and O–H groups in total. The zero-order valence-electron chi connectivity index (χ0n) is 15.2. The van der Waals surface area contributed by atoms with Gasteiger partial charge in [-0.05, 0) is 58.4 Å². The Bertz CT molecular complexity index is 416. The average molecular weight is 293 g/mol. The first-order chi connectivity index (χ1) is 9.69. The summed E-state index contributed by atoms with van der Waals surface area (Å²) in [5, 5.41) is 8.46. The van der Waals surface area contributed by atoms with E-state index in [-0.39, 0.29) is 11.0 Å². The summed E-state index contributed by atoms with van der Waals surface area (Å²) < 4.78 is 2.11. The van der Waals surface area contributed by atoms with E-state index in [0.717, 1.165) is 19.4 Å². The molecule has 3 heteroatoms. The quantitative estimate of drug-likeness (QED) is 0.759. The molecule has 0 radical (unpaired) electrons. The van der Waals surface area contributed by atoms with Gasteiger partial charge in [0.05, 0.1) is 5.69 Å². The lowest BCUT2D eigenvalue weighted by Crippen LogP contribution is -2.43. The zero-order valence-corrected chi connectivity index (χ0v) is 15.2. The van der Waals surface area contributed by atoms with Gasteiger partial charge in [0.1, 0.15) is 0 Å². The first kappa shape index (κ1) is 18.2. The Morgan fingerprint density at radius 3 is 2.43 bits per heavy atom. The zero-order chi connectivity index (χ0) is 16.1. The van der Waals surface area contributed by atoms with Crippen molar-refractivity contribution in [3.8, 4) is 0 Å². The Hall–Kier alpha value is -0.830. The summed E-state index contributed by atoms with van der Waals surface area (Å²) in [4.78, 5) is 0. The lowest BCUT2D eigenvalue weighted by Gasteiger charge is -2.33. The molecule has 1 aromatic rings. The van der Waals surface area contributed by atoms with Crippen LogP contribution in [0.3, 0.4) is 0 Å². The molecule has 0 amide bonds. The van der Waals surface area contributed by atoms with Crippen molar-refractivity contribution in [2.75, 3.05) is 6.54 Å². The number of nitrogens with one attached hydrogen (secondary N) is 1. The summed E-state index contributed by atoms with van der Waals surface area (Å²) >= 11 is 0. The van der Waals surface area contributed by atoms with E-state index in [1.54, 1.807) is 0 Å². The Labute approximate surface area is 131 Å². The van der Waals surface area contributed by atoms with E-state index in [2.05, 4.69) is 70.7 Å². The Balaban J connectivity index is 2.75. The van der Waals surface area contributed by atoms with Crippen LogP contribution in [0.1, 0.15) is 79.5 Å². The van der Waals surface area contributed by atoms with Gasteiger partial charge in [0.2, 0.25) is 0 Å². The standard InChI is InChI=1S/C18H35N3/c1-8-11-18(7,14-19-17(4,5)6)13-16-10-12-21(20-16)15(3)9-2/h10,12,15,19H,8-9,11,13-14H2,1-7H3. The van der Waals surface area contributed by atoms with E-state index in [0.29, 0.717) is 6.04 Å². The van der Waals surface area contributed by atoms with Gasteiger partial charge in [0.25, 0.3) is 0 Å². The number of nitrogens with zero attached hydrogens (tertiary/aromatic N) is 2. The molecule has 0 aromatic carbocycles. The van der Waals surface area contributed by atoms with Crippen molar-refractivity contribution in [3.05, 3.63) is 18.0 Å². The van der Waals surface area contributed by atoms with Crippen LogP contribution in [0.15, 0.2) is 12.3 Å². The molecule has 21 heavy (non-hydrogen) atoms. The highest BCUT2D eigenvalue weighted by Crippen LogP contribution is 2.28. The molecular formula is C18H35N3. The molecule has 2 atom stereocenters. The Morgan fingerprint density at radius 1 is 1.24 bits per heavy atom. The highest BCUT2D eigenvalue weighted by molar-refractivity contribution is 5.04. The Morgan fingerprint density at radius 2 is 1.90 bits per heavy atom. The molecule has 2 unspecified atom stereocenters. The number of hydrogen-bond acceptors (Lipinski definition) is 2. The van der Waals surface area contributed by atoms with Crippen LogP contribution < -0.4 is 5.32 Å². The highest BCUT2D eigenvalue weighted by Gasteiger charge is 2.26. The summed E-state index contributed by atoms with van der Waals surface area (Å²) in [7, 11) is 0. The molecule has 0 aliphatic carbocycles. The van der Waals surface area contributed by atoms with Crippen molar-refractivity contribution in [1.29, 1.82) is 0 Å². The predicted octanol–water partition coefficient (Wildman–Crippen LogP) is 4.59. The van der Waals surface area contributed by atoms with Gasteiger partial charge in [-0.3, -0.25) is 4.68 Å². The third-order valence-corrected chi connectivity index (χ3v) is 4.21. The third kappa shape index (κ3) is 6.21. The van der Waals surface area contributed by atoms with Gasteiger partial charge in [-0.2, -0.15) is 5.10 Å². The van der Waals surface area contributed by atoms with Crippen LogP contribution in [0.4, 0.5) is 0 Å². The molecule has 1 heterocycles. The summed E-state index contributed by atoms with van der Waals surface area (Å²) in [5.41, 5.74) is 1.67. The minimum atomic E-state index is 0.172. The van der Waals surface area contributed by atoms with Crippen LogP contribution in [-0.2, 0) is 6.42 Å². The summed E-state index contributed by atoms with van der Waals surface area (Å²) in [5.74, 6) is 0. The number of rotatable bonds is 8. The molecule has 3 nitrogen and oxygen atoms in total. The van der Waals surface area contributed by atoms with Gasteiger partial charge >= 0.3 is 0 Å². The molecule has 0 saturated heterocycles. The second-order valence-electron chi connectivity index (χ2n) is 7.89. The minimum absolute atomic E-state index is 0.172. The molecule has 1 aromatic heterocycles. The average Bonchev–Trinajstić information content (AvgIpc) is 2.83. The SMILES string of the molecule is CCCC(C)(CNC(C)(C)C)Cc1ccn(C(C)CC)n1. The fourth-order valence-electron chi connectivity index (χ4n) is 2.66. The maximum atomic E-state index is 4.78. The fourth-order valence-corrected chi connectivity index (χ4v) is 2.66. The van der Waals surface area contributed by atoms with E-state index >= 15 is 0 Å². The summed E-state index contributed by atoms with van der Waals surface area (Å²) in [6.07, 6.45) is 6.75. The van der Waals surface area contributed by atoms with Crippen LogP contribution >= 0.6 is 0 Å². The Kier molecular flexibility index (Phi) is 6.45. The van der Waals surface area contributed by atoms with Crippen LogP contribution in [0.5, 0.6) is 0 Å². The molecule has 0 aliphatic rings. The normalized spacial score (nSPS) is 16.7. The van der Waals surface area contributed by atoms with E-state index in [1.807, 2.05) is 0 Å². The summed E-state index contributed by atoms with van der Waals surface area (Å²) in [6, 6.07) is 2.68. The molecular weight excluding hydrogens is 258 g/mol. The molecule has 0 bridgehead atoms. The van der Waals surface area contributed by atoms with Gasteiger partial charge < -0.3 is 5.32 Å². The van der Waals surface area contributed by atoms with Gasteiger partial charge in [-0.1, -0.05) is 27.2 Å². The highest BCUT2D eigenvalue weighted by atomic mass is 15.3. The van der Waals surface area contributed by atoms with Crippen molar-refractivity contribution >= 4 is 0 Å². The van der Waals surface area contributed by atoms with Crippen molar-refractivity contribution in [2.45, 2.75) is 85.7 Å². The maximum absolute atomic E-state index is 4.78. The molecule has 1 rings (SSSR count). The molecule has 0 fully saturated rings. The monoisotopic (exact) mass is 293 g/mol. The lowest BCUT2D eigenvalue weighted by molar-refractivity contribution is 0.241. The predicted molar refractivity (Wildman–Crippen MR) is 91.7 cm³/mol. The maximum Gasteiger partial charge on any atom is 0.0630 e. The van der Waals surface area contributed by atoms with E-state index in [4.69, 9.17) is 5.10 Å². The van der Waals surface area contributed by atoms with Gasteiger partial charge in [0, 0.05) is 24.3 Å². The van der Waals surface area contributed by atoms with Crippen molar-refractivity contribution in [2.24, 2.45) is 5.41 Å². The third-order valence-electron chi connectivity index (χ3n) is 4.21. The molecule has 122 valence electrons. The molecule has 0 aliphatic heterocycles. The summed E-state index contributed by atoms with van der Waals surface area (Å²) in [6.45, 7) is 16.8. The van der Waals surface area contributed by atoms with E-state index < -0.39 is 0 Å². The number of aromatic nitrogens is 2. The second kappa shape index (κ2) is 7.44. The lowest BCUT2D eigenvalue weighted by atomic mass is 9.80. The van der Waals surface area contributed by atoms with Gasteiger partial charge in [-0.15, -0.1) is 0 Å². The number of hydrogen-bond donors (Lipinski definition) is 1. The van der Waals surface area contributed by atoms with Crippen LogP contribution in [0.25, 0.3) is 0 Å². The van der Waals surface area contributed by atoms with Gasteiger partial charge in [-0.25, -0.2) is 0 Å². The largest absolute Gasteiger partial charge is 0.312 e. The first-order valence-electron chi connectivity index (χ1n) is 8.48. The van der Waals surface area contributed by atoms with Crippen LogP contribution in [0, 0.1) is 5.41 Å². The minimum Gasteiger partial charge on any atom is -0.312 e. The first-order valence-corrected chi connectivity index (χ1v) is 8.48. The topological polar surface area (TPSA) is 29.9 Å². The van der Waals surface area contributed by atoms with E-state index in [1.165, 1.54) is 18.5 Å². The van der Waals surface area contributed by atoms with E-state index in [9.17, 15) is 0 Å². The molecule has 0 spiro atoms. The van der Waals surface area contributed by atoms with Crippen LogP contribution in [0.2, 0.25) is 0 Å². The van der Waals surface area contributed by atoms with Crippen LogP contribution in [-0.4, -0.2) is 21.9 Å². The second-order valence-corrected chi connectivity index (χ2v) is 7.89. The molecule has 0 saturated carbocycles. The fraction of sp³-hybridized carbons (Fsp3) is 0.833. The van der Waals surface area contributed by atoms with Crippen molar-refractivity contribution < 1.29 is 0 Å². The van der Waals surface area contributed by atoms with Crippen molar-refractivity contribution in [3.63, 3.8) is 0 Å². The van der Waals surface area contributed by atoms with Gasteiger partial charge in [0.15, 0.2) is 0 Å². The smallest absolute Gasteiger partial charge is 0.0630 e.